The highest BCUT2D eigenvalue weighted by molar-refractivity contribution is 5.78. The second kappa shape index (κ2) is 10.2. The highest BCUT2D eigenvalue weighted by atomic mass is 16.6. The smallest absolute Gasteiger partial charge is 0.409 e. The fourth-order valence-corrected chi connectivity index (χ4v) is 2.90. The average molecular weight is 361 g/mol. The number of aryl methyl sites for hydroxylation is 1. The number of carbonyl (C=O) groups excluding carboxylic acids is 2. The van der Waals surface area contributed by atoms with Gasteiger partial charge in [0.25, 0.3) is 0 Å². The van der Waals surface area contributed by atoms with Gasteiger partial charge in [-0.2, -0.15) is 0 Å². The molecule has 0 unspecified atom stereocenters. The Morgan fingerprint density at radius 2 is 1.85 bits per heavy atom. The van der Waals surface area contributed by atoms with Crippen molar-refractivity contribution in [3.63, 3.8) is 0 Å². The van der Waals surface area contributed by atoms with Gasteiger partial charge < -0.3 is 15.0 Å². The molecule has 144 valence electrons. The Balaban J connectivity index is 1.63. The first-order valence-corrected chi connectivity index (χ1v) is 9.41. The first-order valence-electron chi connectivity index (χ1n) is 9.41. The molecule has 6 heteroatoms. The number of hydrogen-bond donors (Lipinski definition) is 1. The number of rotatable bonds is 7. The molecule has 0 radical (unpaired) electrons. The summed E-state index contributed by atoms with van der Waals surface area (Å²) in [5.41, 5.74) is 2.52. The van der Waals surface area contributed by atoms with E-state index in [0.29, 0.717) is 51.8 Å². The van der Waals surface area contributed by atoms with Crippen molar-refractivity contribution in [3.8, 4) is 0 Å². The van der Waals surface area contributed by atoms with Gasteiger partial charge in [0, 0.05) is 32.7 Å². The monoisotopic (exact) mass is 361 g/mol. The van der Waals surface area contributed by atoms with Crippen molar-refractivity contribution < 1.29 is 14.3 Å². The van der Waals surface area contributed by atoms with Gasteiger partial charge in [-0.05, 0) is 30.4 Å². The van der Waals surface area contributed by atoms with Crippen LogP contribution in [0.15, 0.2) is 24.3 Å². The summed E-state index contributed by atoms with van der Waals surface area (Å²) in [5, 5.41) is 2.99. The third-order valence-corrected chi connectivity index (χ3v) is 4.52. The Morgan fingerprint density at radius 3 is 2.50 bits per heavy atom. The van der Waals surface area contributed by atoms with Crippen LogP contribution in [0.25, 0.3) is 0 Å². The van der Waals surface area contributed by atoms with Gasteiger partial charge in [-0.25, -0.2) is 4.79 Å². The second-order valence-electron chi connectivity index (χ2n) is 7.26. The average Bonchev–Trinajstić information content (AvgIpc) is 2.62. The number of ether oxygens (including phenoxy) is 1. The van der Waals surface area contributed by atoms with E-state index >= 15 is 0 Å². The molecule has 1 aliphatic heterocycles. The fourth-order valence-electron chi connectivity index (χ4n) is 2.90. The van der Waals surface area contributed by atoms with Gasteiger partial charge in [0.1, 0.15) is 0 Å². The summed E-state index contributed by atoms with van der Waals surface area (Å²) in [4.78, 5) is 27.9. The Bertz CT molecular complexity index is 596. The van der Waals surface area contributed by atoms with Crippen LogP contribution in [0.2, 0.25) is 0 Å². The van der Waals surface area contributed by atoms with Crippen LogP contribution in [0, 0.1) is 12.8 Å². The standard InChI is InChI=1S/C20H31N3O3/c1-16(2)15-26-20(25)23-12-10-22(11-13-23)14-19(24)21-9-8-18-7-5-4-6-17(18)3/h4-7,16H,8-15H2,1-3H3,(H,21,24). The molecule has 1 aromatic carbocycles. The van der Waals surface area contributed by atoms with E-state index in [1.165, 1.54) is 11.1 Å². The molecular weight excluding hydrogens is 330 g/mol. The van der Waals surface area contributed by atoms with E-state index in [1.807, 2.05) is 26.0 Å². The molecule has 0 saturated carbocycles. The Hall–Kier alpha value is -2.08. The second-order valence-corrected chi connectivity index (χ2v) is 7.26. The minimum atomic E-state index is -0.249. The van der Waals surface area contributed by atoms with Gasteiger partial charge in [0.15, 0.2) is 0 Å². The van der Waals surface area contributed by atoms with E-state index in [9.17, 15) is 9.59 Å². The van der Waals surface area contributed by atoms with Gasteiger partial charge in [0.2, 0.25) is 5.91 Å². The van der Waals surface area contributed by atoms with E-state index in [2.05, 4.69) is 29.3 Å². The van der Waals surface area contributed by atoms with Gasteiger partial charge >= 0.3 is 6.09 Å². The molecule has 0 bridgehead atoms. The molecule has 1 fully saturated rings. The fraction of sp³-hybridized carbons (Fsp3) is 0.600. The van der Waals surface area contributed by atoms with E-state index < -0.39 is 0 Å². The molecule has 0 atom stereocenters. The zero-order chi connectivity index (χ0) is 18.9. The van der Waals surface area contributed by atoms with Gasteiger partial charge in [0.05, 0.1) is 13.2 Å². The summed E-state index contributed by atoms with van der Waals surface area (Å²) in [6.45, 7) is 10.2. The first kappa shape index (κ1) is 20.2. The zero-order valence-corrected chi connectivity index (χ0v) is 16.2. The van der Waals surface area contributed by atoms with Crippen molar-refractivity contribution in [1.82, 2.24) is 15.1 Å². The number of amides is 2. The van der Waals surface area contributed by atoms with Crippen molar-refractivity contribution in [3.05, 3.63) is 35.4 Å². The lowest BCUT2D eigenvalue weighted by molar-refractivity contribution is -0.122. The van der Waals surface area contributed by atoms with Crippen LogP contribution >= 0.6 is 0 Å². The number of piperazine rings is 1. The van der Waals surface area contributed by atoms with Gasteiger partial charge in [-0.3, -0.25) is 9.69 Å². The molecule has 1 aliphatic rings. The third-order valence-electron chi connectivity index (χ3n) is 4.52. The van der Waals surface area contributed by atoms with E-state index in [1.54, 1.807) is 4.90 Å². The summed E-state index contributed by atoms with van der Waals surface area (Å²) in [7, 11) is 0. The van der Waals surface area contributed by atoms with Crippen LogP contribution in [0.4, 0.5) is 4.79 Å². The highest BCUT2D eigenvalue weighted by Gasteiger charge is 2.23. The maximum absolute atomic E-state index is 12.1. The molecule has 0 aromatic heterocycles. The number of nitrogens with zero attached hydrogens (tertiary/aromatic N) is 2. The Labute approximate surface area is 156 Å². The Kier molecular flexibility index (Phi) is 7.91. The lowest BCUT2D eigenvalue weighted by atomic mass is 10.1. The Morgan fingerprint density at radius 1 is 1.15 bits per heavy atom. The van der Waals surface area contributed by atoms with Crippen LogP contribution in [-0.4, -0.2) is 67.7 Å². The maximum atomic E-state index is 12.1. The SMILES string of the molecule is Cc1ccccc1CCNC(=O)CN1CCN(C(=O)OCC(C)C)CC1. The molecule has 1 aromatic rings. The first-order chi connectivity index (χ1) is 12.5. The van der Waals surface area contributed by atoms with E-state index in [-0.39, 0.29) is 12.0 Å². The van der Waals surface area contributed by atoms with Crippen molar-refractivity contribution >= 4 is 12.0 Å². The predicted octanol–water partition coefficient (Wildman–Crippen LogP) is 2.06. The largest absolute Gasteiger partial charge is 0.449 e. The van der Waals surface area contributed by atoms with Crippen LogP contribution in [0.3, 0.4) is 0 Å². The molecule has 1 heterocycles. The number of carbonyl (C=O) groups is 2. The summed E-state index contributed by atoms with van der Waals surface area (Å²) in [6, 6.07) is 8.23. The molecule has 2 amide bonds. The summed E-state index contributed by atoms with van der Waals surface area (Å²) in [6.07, 6.45) is 0.592. The third kappa shape index (κ3) is 6.67. The van der Waals surface area contributed by atoms with Crippen LogP contribution in [0.1, 0.15) is 25.0 Å². The minimum absolute atomic E-state index is 0.0365. The summed E-state index contributed by atoms with van der Waals surface area (Å²) >= 11 is 0. The lowest BCUT2D eigenvalue weighted by Crippen LogP contribution is -2.51. The molecule has 26 heavy (non-hydrogen) atoms. The molecule has 1 saturated heterocycles. The molecular formula is C20H31N3O3. The number of hydrogen-bond acceptors (Lipinski definition) is 4. The van der Waals surface area contributed by atoms with Crippen molar-refractivity contribution in [1.29, 1.82) is 0 Å². The lowest BCUT2D eigenvalue weighted by Gasteiger charge is -2.33. The molecule has 1 N–H and O–H groups in total. The van der Waals surface area contributed by atoms with Crippen LogP contribution in [-0.2, 0) is 16.0 Å². The van der Waals surface area contributed by atoms with Gasteiger partial charge in [-0.1, -0.05) is 38.1 Å². The van der Waals surface area contributed by atoms with Crippen molar-refractivity contribution in [2.75, 3.05) is 45.9 Å². The molecule has 0 spiro atoms. The molecule has 6 nitrogen and oxygen atoms in total. The summed E-state index contributed by atoms with van der Waals surface area (Å²) < 4.78 is 5.25. The molecule has 2 rings (SSSR count). The highest BCUT2D eigenvalue weighted by Crippen LogP contribution is 2.07. The molecule has 0 aliphatic carbocycles. The van der Waals surface area contributed by atoms with Gasteiger partial charge in [-0.15, -0.1) is 0 Å². The van der Waals surface area contributed by atoms with E-state index in [4.69, 9.17) is 4.74 Å². The van der Waals surface area contributed by atoms with Crippen molar-refractivity contribution in [2.24, 2.45) is 5.92 Å². The number of benzene rings is 1. The van der Waals surface area contributed by atoms with Crippen LogP contribution < -0.4 is 5.32 Å². The quantitative estimate of drug-likeness (QED) is 0.808. The van der Waals surface area contributed by atoms with Crippen molar-refractivity contribution in [2.45, 2.75) is 27.2 Å². The number of nitrogens with one attached hydrogen (secondary N) is 1. The normalized spacial score (nSPS) is 15.2. The zero-order valence-electron chi connectivity index (χ0n) is 16.2. The van der Waals surface area contributed by atoms with Crippen LogP contribution in [0.5, 0.6) is 0 Å². The topological polar surface area (TPSA) is 61.9 Å². The maximum Gasteiger partial charge on any atom is 0.409 e. The van der Waals surface area contributed by atoms with E-state index in [0.717, 1.165) is 6.42 Å². The summed E-state index contributed by atoms with van der Waals surface area (Å²) in [5.74, 6) is 0.373. The minimum Gasteiger partial charge on any atom is -0.449 e. The predicted molar refractivity (Wildman–Crippen MR) is 102 cm³/mol.